The molecule has 0 aliphatic carbocycles. The minimum atomic E-state index is 0.599. The number of nitrogens with two attached hydrogens (primary N) is 1. The molecule has 0 aromatic rings. The van der Waals surface area contributed by atoms with Gasteiger partial charge in [0.1, 0.15) is 0 Å². The molecule has 1 aliphatic heterocycles. The molecule has 1 aliphatic rings. The largest absolute Gasteiger partial charge is 0.370 e. The first kappa shape index (κ1) is 14.3. The first-order chi connectivity index (χ1) is 8.17. The van der Waals surface area contributed by atoms with Crippen LogP contribution in [-0.4, -0.2) is 55.0 Å². The molecule has 0 saturated carbocycles. The van der Waals surface area contributed by atoms with Crippen LogP contribution in [0.5, 0.6) is 0 Å². The Morgan fingerprint density at radius 1 is 1.29 bits per heavy atom. The van der Waals surface area contributed by atoms with Gasteiger partial charge in [0.15, 0.2) is 5.96 Å². The van der Waals surface area contributed by atoms with Gasteiger partial charge in [0.2, 0.25) is 0 Å². The highest BCUT2D eigenvalue weighted by atomic mass is 15.2. The molecule has 1 heterocycles. The van der Waals surface area contributed by atoms with Crippen LogP contribution in [-0.2, 0) is 0 Å². The summed E-state index contributed by atoms with van der Waals surface area (Å²) in [5.74, 6) is 1.30. The van der Waals surface area contributed by atoms with Crippen molar-refractivity contribution in [3.05, 3.63) is 0 Å². The summed E-state index contributed by atoms with van der Waals surface area (Å²) in [6.45, 7) is 12.9. The molecule has 1 atom stereocenters. The molecule has 0 aromatic carbocycles. The Kier molecular flexibility index (Phi) is 6.34. The average Bonchev–Trinajstić information content (AvgIpc) is 2.81. The molecule has 4 heteroatoms. The van der Waals surface area contributed by atoms with Gasteiger partial charge in [0.05, 0.1) is 0 Å². The van der Waals surface area contributed by atoms with E-state index < -0.39 is 0 Å². The molecule has 0 unspecified atom stereocenters. The van der Waals surface area contributed by atoms with Gasteiger partial charge in [-0.15, -0.1) is 0 Å². The van der Waals surface area contributed by atoms with Crippen LogP contribution in [0.4, 0.5) is 0 Å². The van der Waals surface area contributed by atoms with E-state index in [4.69, 9.17) is 5.73 Å². The lowest BCUT2D eigenvalue weighted by molar-refractivity contribution is 0.291. The number of hydrogen-bond donors (Lipinski definition) is 1. The monoisotopic (exact) mass is 240 g/mol. The summed E-state index contributed by atoms with van der Waals surface area (Å²) >= 11 is 0. The fourth-order valence-electron chi connectivity index (χ4n) is 2.36. The summed E-state index contributed by atoms with van der Waals surface area (Å²) in [5.41, 5.74) is 5.96. The molecule has 17 heavy (non-hydrogen) atoms. The van der Waals surface area contributed by atoms with Crippen LogP contribution in [0.15, 0.2) is 4.99 Å². The molecule has 0 radical (unpaired) electrons. The summed E-state index contributed by atoms with van der Waals surface area (Å²) < 4.78 is 0. The number of hydrogen-bond acceptors (Lipinski definition) is 2. The number of nitrogens with zero attached hydrogens (tertiary/aromatic N) is 3. The summed E-state index contributed by atoms with van der Waals surface area (Å²) in [5, 5.41) is 0. The molecule has 0 amide bonds. The van der Waals surface area contributed by atoms with Crippen molar-refractivity contribution in [3.63, 3.8) is 0 Å². The van der Waals surface area contributed by atoms with Gasteiger partial charge < -0.3 is 15.5 Å². The highest BCUT2D eigenvalue weighted by Crippen LogP contribution is 2.10. The maximum Gasteiger partial charge on any atom is 0.191 e. The van der Waals surface area contributed by atoms with Crippen molar-refractivity contribution in [2.24, 2.45) is 16.6 Å². The van der Waals surface area contributed by atoms with Crippen molar-refractivity contribution < 1.29 is 0 Å². The van der Waals surface area contributed by atoms with Gasteiger partial charge in [0.25, 0.3) is 0 Å². The molecule has 100 valence electrons. The summed E-state index contributed by atoms with van der Waals surface area (Å²) in [7, 11) is 0. The zero-order chi connectivity index (χ0) is 12.7. The highest BCUT2D eigenvalue weighted by molar-refractivity contribution is 5.77. The highest BCUT2D eigenvalue weighted by Gasteiger charge is 2.14. The fraction of sp³-hybridized carbons (Fsp3) is 0.923. The van der Waals surface area contributed by atoms with Crippen LogP contribution in [0.1, 0.15) is 33.6 Å². The van der Waals surface area contributed by atoms with E-state index in [0.29, 0.717) is 11.9 Å². The van der Waals surface area contributed by atoms with E-state index in [-0.39, 0.29) is 0 Å². The van der Waals surface area contributed by atoms with Gasteiger partial charge >= 0.3 is 0 Å². The van der Waals surface area contributed by atoms with Crippen LogP contribution >= 0.6 is 0 Å². The zero-order valence-corrected chi connectivity index (χ0v) is 11.7. The second kappa shape index (κ2) is 7.54. The summed E-state index contributed by atoms with van der Waals surface area (Å²) in [6.07, 6.45) is 2.72. The van der Waals surface area contributed by atoms with Gasteiger partial charge in [0, 0.05) is 26.2 Å². The van der Waals surface area contributed by atoms with Crippen molar-refractivity contribution in [1.82, 2.24) is 9.80 Å². The van der Waals surface area contributed by atoms with Crippen LogP contribution < -0.4 is 5.73 Å². The third kappa shape index (κ3) is 4.94. The van der Waals surface area contributed by atoms with E-state index in [1.165, 1.54) is 25.9 Å². The fourth-order valence-corrected chi connectivity index (χ4v) is 2.36. The predicted molar refractivity (Wildman–Crippen MR) is 74.2 cm³/mol. The number of aliphatic imine (C=N–C) groups is 1. The molecule has 1 rings (SSSR count). The predicted octanol–water partition coefficient (Wildman–Crippen LogP) is 1.37. The zero-order valence-electron chi connectivity index (χ0n) is 11.7. The standard InChI is InChI=1S/C13H28N4/c1-4-17(5-2)13(14)15-10-12(3)11-16-8-6-7-9-16/h12H,4-11H2,1-3H3,(H2,14,15)/t12-/m0/s1. The first-order valence-electron chi connectivity index (χ1n) is 6.94. The lowest BCUT2D eigenvalue weighted by Crippen LogP contribution is -2.37. The third-order valence-electron chi connectivity index (χ3n) is 3.42. The molecule has 1 saturated heterocycles. The lowest BCUT2D eigenvalue weighted by Gasteiger charge is -2.21. The molecule has 0 bridgehead atoms. The SMILES string of the molecule is CCN(CC)C(N)=NC[C@H](C)CN1CCCC1. The second-order valence-corrected chi connectivity index (χ2v) is 4.98. The first-order valence-corrected chi connectivity index (χ1v) is 6.94. The Labute approximate surface area is 106 Å². The molecular weight excluding hydrogens is 212 g/mol. The van der Waals surface area contributed by atoms with Gasteiger partial charge in [-0.05, 0) is 45.7 Å². The Morgan fingerprint density at radius 2 is 1.88 bits per heavy atom. The van der Waals surface area contributed by atoms with Crippen molar-refractivity contribution in [2.75, 3.05) is 39.3 Å². The van der Waals surface area contributed by atoms with E-state index in [1.54, 1.807) is 0 Å². The second-order valence-electron chi connectivity index (χ2n) is 4.98. The topological polar surface area (TPSA) is 44.9 Å². The van der Waals surface area contributed by atoms with Crippen LogP contribution in [0.25, 0.3) is 0 Å². The maximum absolute atomic E-state index is 5.96. The quantitative estimate of drug-likeness (QED) is 0.563. The van der Waals surface area contributed by atoms with Crippen molar-refractivity contribution in [2.45, 2.75) is 33.6 Å². The van der Waals surface area contributed by atoms with Crippen molar-refractivity contribution >= 4 is 5.96 Å². The minimum absolute atomic E-state index is 0.599. The molecule has 0 spiro atoms. The number of guanidine groups is 1. The van der Waals surface area contributed by atoms with Crippen LogP contribution in [0.3, 0.4) is 0 Å². The van der Waals surface area contributed by atoms with Gasteiger partial charge in [-0.1, -0.05) is 6.92 Å². The minimum Gasteiger partial charge on any atom is -0.370 e. The Balaban J connectivity index is 2.29. The molecule has 0 aromatic heterocycles. The Morgan fingerprint density at radius 3 is 2.41 bits per heavy atom. The maximum atomic E-state index is 5.96. The molecular formula is C13H28N4. The van der Waals surface area contributed by atoms with E-state index >= 15 is 0 Å². The third-order valence-corrected chi connectivity index (χ3v) is 3.42. The molecule has 4 nitrogen and oxygen atoms in total. The van der Waals surface area contributed by atoms with Crippen LogP contribution in [0, 0.1) is 5.92 Å². The van der Waals surface area contributed by atoms with E-state index in [0.717, 1.165) is 26.2 Å². The number of likely N-dealkylation sites (tertiary alicyclic amines) is 1. The smallest absolute Gasteiger partial charge is 0.191 e. The molecule has 1 fully saturated rings. The number of rotatable bonds is 6. The normalized spacial score (nSPS) is 19.6. The van der Waals surface area contributed by atoms with Crippen molar-refractivity contribution in [1.29, 1.82) is 0 Å². The van der Waals surface area contributed by atoms with E-state index in [2.05, 4.69) is 35.6 Å². The summed E-state index contributed by atoms with van der Waals surface area (Å²) in [4.78, 5) is 9.14. The van der Waals surface area contributed by atoms with E-state index in [9.17, 15) is 0 Å². The van der Waals surface area contributed by atoms with E-state index in [1.807, 2.05) is 0 Å². The van der Waals surface area contributed by atoms with Gasteiger partial charge in [-0.3, -0.25) is 4.99 Å². The Bertz CT molecular complexity index is 230. The summed E-state index contributed by atoms with van der Waals surface area (Å²) in [6, 6.07) is 0. The Hall–Kier alpha value is -0.770. The molecule has 2 N–H and O–H groups in total. The van der Waals surface area contributed by atoms with Crippen LogP contribution in [0.2, 0.25) is 0 Å². The van der Waals surface area contributed by atoms with Gasteiger partial charge in [-0.25, -0.2) is 0 Å². The van der Waals surface area contributed by atoms with Gasteiger partial charge in [-0.2, -0.15) is 0 Å². The lowest BCUT2D eigenvalue weighted by atomic mass is 10.2. The van der Waals surface area contributed by atoms with Crippen molar-refractivity contribution in [3.8, 4) is 0 Å². The average molecular weight is 240 g/mol.